The molecule has 0 aliphatic carbocycles. The van der Waals surface area contributed by atoms with Gasteiger partial charge < -0.3 is 10.6 Å². The van der Waals surface area contributed by atoms with Gasteiger partial charge in [0.1, 0.15) is 0 Å². The van der Waals surface area contributed by atoms with Gasteiger partial charge in [-0.25, -0.2) is 4.98 Å². The number of hydrogen-bond donors (Lipinski definition) is 2. The summed E-state index contributed by atoms with van der Waals surface area (Å²) >= 11 is 1.53. The second-order valence-corrected chi connectivity index (χ2v) is 5.34. The van der Waals surface area contributed by atoms with Gasteiger partial charge in [0.2, 0.25) is 0 Å². The number of aromatic nitrogens is 1. The molecule has 0 atom stereocenters. The summed E-state index contributed by atoms with van der Waals surface area (Å²) < 4.78 is 0. The minimum atomic E-state index is -0.0578. The number of nitrogens with one attached hydrogen (secondary N) is 2. The Morgan fingerprint density at radius 2 is 2.25 bits per heavy atom. The molecule has 0 saturated carbocycles. The predicted molar refractivity (Wildman–Crippen MR) is 83.2 cm³/mol. The Balaban J connectivity index is 1.98. The summed E-state index contributed by atoms with van der Waals surface area (Å²) in [6, 6.07) is 5.82. The normalized spacial score (nSPS) is 10.3. The molecule has 0 unspecified atom stereocenters. The summed E-state index contributed by atoms with van der Waals surface area (Å²) in [7, 11) is 0. The lowest BCUT2D eigenvalue weighted by Crippen LogP contribution is -2.23. The first-order valence-electron chi connectivity index (χ1n) is 6.70. The zero-order chi connectivity index (χ0) is 14.4. The quantitative estimate of drug-likeness (QED) is 0.858. The largest absolute Gasteiger partial charge is 0.385 e. The highest BCUT2D eigenvalue weighted by atomic mass is 32.1. The van der Waals surface area contributed by atoms with Crippen molar-refractivity contribution in [1.29, 1.82) is 0 Å². The Morgan fingerprint density at radius 1 is 1.40 bits per heavy atom. The minimum absolute atomic E-state index is 0.0578. The number of aryl methyl sites for hydroxylation is 1. The van der Waals surface area contributed by atoms with E-state index in [4.69, 9.17) is 0 Å². The van der Waals surface area contributed by atoms with E-state index in [1.807, 2.05) is 30.5 Å². The molecule has 0 fully saturated rings. The van der Waals surface area contributed by atoms with Crippen LogP contribution in [0.5, 0.6) is 0 Å². The summed E-state index contributed by atoms with van der Waals surface area (Å²) in [5, 5.41) is 8.14. The topological polar surface area (TPSA) is 54.0 Å². The Kier molecular flexibility index (Phi) is 5.12. The van der Waals surface area contributed by atoms with Crippen LogP contribution < -0.4 is 10.6 Å². The van der Waals surface area contributed by atoms with E-state index in [-0.39, 0.29) is 5.91 Å². The highest BCUT2D eigenvalue weighted by molar-refractivity contribution is 7.07. The number of carbonyl (C=O) groups is 1. The second kappa shape index (κ2) is 7.05. The van der Waals surface area contributed by atoms with Crippen molar-refractivity contribution in [2.75, 3.05) is 11.9 Å². The fourth-order valence-corrected chi connectivity index (χ4v) is 2.45. The maximum atomic E-state index is 12.1. The summed E-state index contributed by atoms with van der Waals surface area (Å²) in [6.07, 6.45) is 1.08. The molecular formula is C15H19N3OS. The molecule has 2 N–H and O–H groups in total. The van der Waals surface area contributed by atoms with Crippen LogP contribution in [0, 0.1) is 6.92 Å². The first-order valence-corrected chi connectivity index (χ1v) is 7.64. The SMILES string of the molecule is CCCNc1ccc(C(=O)NCc2cscn2)c(C)c1. The van der Waals surface area contributed by atoms with E-state index in [2.05, 4.69) is 22.5 Å². The third-order valence-electron chi connectivity index (χ3n) is 2.96. The van der Waals surface area contributed by atoms with Gasteiger partial charge in [-0.05, 0) is 37.1 Å². The van der Waals surface area contributed by atoms with Crippen LogP contribution in [0.25, 0.3) is 0 Å². The van der Waals surface area contributed by atoms with Crippen molar-refractivity contribution < 1.29 is 4.79 Å². The highest BCUT2D eigenvalue weighted by Crippen LogP contribution is 2.15. The van der Waals surface area contributed by atoms with Crippen LogP contribution in [-0.2, 0) is 6.54 Å². The van der Waals surface area contributed by atoms with Crippen molar-refractivity contribution >= 4 is 22.9 Å². The number of hydrogen-bond acceptors (Lipinski definition) is 4. The Hall–Kier alpha value is -1.88. The number of carbonyl (C=O) groups excluding carboxylic acids is 1. The zero-order valence-electron chi connectivity index (χ0n) is 11.8. The Bertz CT molecular complexity index is 567. The number of thiazole rings is 1. The van der Waals surface area contributed by atoms with Crippen molar-refractivity contribution in [2.45, 2.75) is 26.8 Å². The van der Waals surface area contributed by atoms with E-state index in [9.17, 15) is 4.79 Å². The summed E-state index contributed by atoms with van der Waals surface area (Å²) in [4.78, 5) is 16.3. The monoisotopic (exact) mass is 289 g/mol. The van der Waals surface area contributed by atoms with E-state index >= 15 is 0 Å². The fraction of sp³-hybridized carbons (Fsp3) is 0.333. The van der Waals surface area contributed by atoms with Crippen LogP contribution in [0.1, 0.15) is 35.0 Å². The molecule has 20 heavy (non-hydrogen) atoms. The molecule has 0 saturated heterocycles. The molecule has 1 heterocycles. The lowest BCUT2D eigenvalue weighted by molar-refractivity contribution is 0.0950. The number of nitrogens with zero attached hydrogens (tertiary/aromatic N) is 1. The van der Waals surface area contributed by atoms with Gasteiger partial charge in [-0.15, -0.1) is 11.3 Å². The van der Waals surface area contributed by atoms with Crippen LogP contribution in [0.2, 0.25) is 0 Å². The fourth-order valence-electron chi connectivity index (χ4n) is 1.89. The first kappa shape index (κ1) is 14.5. The standard InChI is InChI=1S/C15H19N3OS/c1-3-6-16-12-4-5-14(11(2)7-12)15(19)17-8-13-9-20-10-18-13/h4-5,7,9-10,16H,3,6,8H2,1-2H3,(H,17,19). The molecule has 0 radical (unpaired) electrons. The van der Waals surface area contributed by atoms with E-state index in [1.165, 1.54) is 11.3 Å². The average Bonchev–Trinajstić information content (AvgIpc) is 2.96. The van der Waals surface area contributed by atoms with E-state index in [0.29, 0.717) is 12.1 Å². The lowest BCUT2D eigenvalue weighted by Gasteiger charge is -2.10. The second-order valence-electron chi connectivity index (χ2n) is 4.62. The number of anilines is 1. The molecule has 2 rings (SSSR count). The molecule has 0 aliphatic rings. The maximum absolute atomic E-state index is 12.1. The van der Waals surface area contributed by atoms with Crippen molar-refractivity contribution in [3.63, 3.8) is 0 Å². The lowest BCUT2D eigenvalue weighted by atomic mass is 10.1. The molecular weight excluding hydrogens is 270 g/mol. The molecule has 0 aliphatic heterocycles. The summed E-state index contributed by atoms with van der Waals surface area (Å²) in [5.41, 5.74) is 5.40. The number of amides is 1. The van der Waals surface area contributed by atoms with Gasteiger partial charge in [0, 0.05) is 23.2 Å². The van der Waals surface area contributed by atoms with Gasteiger partial charge in [0.15, 0.2) is 0 Å². The predicted octanol–water partition coefficient (Wildman–Crippen LogP) is 3.20. The zero-order valence-corrected chi connectivity index (χ0v) is 12.6. The number of rotatable bonds is 6. The van der Waals surface area contributed by atoms with Gasteiger partial charge in [-0.3, -0.25) is 4.79 Å². The third-order valence-corrected chi connectivity index (χ3v) is 3.60. The number of benzene rings is 1. The molecule has 0 bridgehead atoms. The van der Waals surface area contributed by atoms with Crippen molar-refractivity contribution in [3.05, 3.63) is 45.9 Å². The van der Waals surface area contributed by atoms with Crippen molar-refractivity contribution in [2.24, 2.45) is 0 Å². The summed E-state index contributed by atoms with van der Waals surface area (Å²) in [5.74, 6) is -0.0578. The Labute approximate surface area is 123 Å². The van der Waals surface area contributed by atoms with Crippen LogP contribution in [0.3, 0.4) is 0 Å². The van der Waals surface area contributed by atoms with Gasteiger partial charge >= 0.3 is 0 Å². The van der Waals surface area contributed by atoms with Crippen LogP contribution in [0.15, 0.2) is 29.1 Å². The van der Waals surface area contributed by atoms with E-state index in [1.54, 1.807) is 5.51 Å². The van der Waals surface area contributed by atoms with E-state index in [0.717, 1.165) is 29.9 Å². The van der Waals surface area contributed by atoms with Crippen LogP contribution in [0.4, 0.5) is 5.69 Å². The molecule has 1 amide bonds. The van der Waals surface area contributed by atoms with Gasteiger partial charge in [0.05, 0.1) is 17.7 Å². The van der Waals surface area contributed by atoms with Gasteiger partial charge in [0.25, 0.3) is 5.91 Å². The first-order chi connectivity index (χ1) is 9.70. The smallest absolute Gasteiger partial charge is 0.251 e. The molecule has 1 aromatic carbocycles. The van der Waals surface area contributed by atoms with Gasteiger partial charge in [-0.1, -0.05) is 6.92 Å². The molecule has 1 aromatic heterocycles. The summed E-state index contributed by atoms with van der Waals surface area (Å²) in [6.45, 7) is 5.49. The van der Waals surface area contributed by atoms with Crippen molar-refractivity contribution in [3.8, 4) is 0 Å². The molecule has 5 heteroatoms. The minimum Gasteiger partial charge on any atom is -0.385 e. The van der Waals surface area contributed by atoms with Gasteiger partial charge in [-0.2, -0.15) is 0 Å². The molecule has 4 nitrogen and oxygen atoms in total. The van der Waals surface area contributed by atoms with E-state index < -0.39 is 0 Å². The van der Waals surface area contributed by atoms with Crippen LogP contribution >= 0.6 is 11.3 Å². The van der Waals surface area contributed by atoms with Crippen molar-refractivity contribution in [1.82, 2.24) is 10.3 Å². The Morgan fingerprint density at radius 3 is 2.90 bits per heavy atom. The third kappa shape index (κ3) is 3.81. The molecule has 0 spiro atoms. The maximum Gasteiger partial charge on any atom is 0.251 e. The average molecular weight is 289 g/mol. The van der Waals surface area contributed by atoms with Crippen LogP contribution in [-0.4, -0.2) is 17.4 Å². The molecule has 106 valence electrons. The highest BCUT2D eigenvalue weighted by Gasteiger charge is 2.09. The molecule has 2 aromatic rings.